The van der Waals surface area contributed by atoms with Crippen molar-refractivity contribution in [2.75, 3.05) is 32.8 Å². The highest BCUT2D eigenvalue weighted by molar-refractivity contribution is 5.84. The number of carbonyl (C=O) groups is 1. The van der Waals surface area contributed by atoms with Crippen LogP contribution in [0, 0.1) is 40.9 Å². The Morgan fingerprint density at radius 3 is 2.46 bits per heavy atom. The number of hydroxylamine groups is 2. The number of ether oxygens (including phenoxy) is 1. The number of aliphatic hydroxyl groups excluding tert-OH is 2. The van der Waals surface area contributed by atoms with Crippen molar-refractivity contribution in [3.05, 3.63) is 65.2 Å². The summed E-state index contributed by atoms with van der Waals surface area (Å²) in [4.78, 5) is 26.0. The van der Waals surface area contributed by atoms with E-state index in [1.54, 1.807) is 12.0 Å². The van der Waals surface area contributed by atoms with Crippen molar-refractivity contribution in [3.8, 4) is 5.75 Å². The summed E-state index contributed by atoms with van der Waals surface area (Å²) >= 11 is 0. The van der Waals surface area contributed by atoms with Crippen LogP contribution in [-0.4, -0.2) is 93.7 Å². The molecule has 2 heterocycles. The maximum absolute atomic E-state index is 14.4. The van der Waals surface area contributed by atoms with Crippen molar-refractivity contribution in [2.24, 2.45) is 40.9 Å². The van der Waals surface area contributed by atoms with E-state index in [4.69, 9.17) is 9.57 Å². The van der Waals surface area contributed by atoms with Crippen LogP contribution >= 0.6 is 0 Å². The number of carbonyl (C=O) groups excluding carboxylic acids is 1. The van der Waals surface area contributed by atoms with Crippen LogP contribution in [0.2, 0.25) is 0 Å². The van der Waals surface area contributed by atoms with Gasteiger partial charge < -0.3 is 25.2 Å². The van der Waals surface area contributed by atoms with Crippen LogP contribution in [0.4, 0.5) is 0 Å². The third-order valence-corrected chi connectivity index (χ3v) is 14.3. The van der Waals surface area contributed by atoms with E-state index in [9.17, 15) is 15.0 Å². The van der Waals surface area contributed by atoms with Gasteiger partial charge in [0.25, 0.3) is 0 Å². The van der Waals surface area contributed by atoms with Gasteiger partial charge in [-0.15, -0.1) is 0 Å². The Bertz CT molecular complexity index is 1590. The molecule has 5 fully saturated rings. The Kier molecular flexibility index (Phi) is 11.9. The molecule has 54 heavy (non-hydrogen) atoms. The first-order valence-electron chi connectivity index (χ1n) is 21.2. The molecule has 1 unspecified atom stereocenters. The highest BCUT2D eigenvalue weighted by Gasteiger charge is 2.83. The summed E-state index contributed by atoms with van der Waals surface area (Å²) < 4.78 is 6.25. The van der Waals surface area contributed by atoms with E-state index in [-0.39, 0.29) is 18.1 Å². The third kappa shape index (κ3) is 7.38. The number of nitrogens with zero attached hydrogens (tertiary/aromatic N) is 3. The van der Waals surface area contributed by atoms with Crippen LogP contribution in [0.15, 0.2) is 48.5 Å². The average molecular weight is 745 g/mol. The number of nitrogens with one attached hydrogen (secondary N) is 1. The molecule has 1 amide bonds. The Labute approximate surface area is 324 Å². The van der Waals surface area contributed by atoms with Gasteiger partial charge in [0, 0.05) is 42.7 Å². The summed E-state index contributed by atoms with van der Waals surface area (Å²) in [6, 6.07) is 16.8. The predicted molar refractivity (Wildman–Crippen MR) is 212 cm³/mol. The molecule has 3 aliphatic carbocycles. The SMILES string of the molecule is CCCOc1ccccc1CN(Cc1cccc(CN2O[C@@H](CO)[C@@H]([C@H](C)O)[C@H]2C(=O)N[C@@]23C[C@H]4C2[C@@H]([C@@H]3C)C4(C)C)c1)[C@@H](CC(C)C)CN1CCCC1. The number of aliphatic hydroxyl groups is 2. The van der Waals surface area contributed by atoms with Gasteiger partial charge in [-0.2, -0.15) is 5.06 Å². The van der Waals surface area contributed by atoms with Gasteiger partial charge in [-0.05, 0) is 104 Å². The second kappa shape index (κ2) is 16.1. The minimum Gasteiger partial charge on any atom is -0.493 e. The number of hydrogen-bond acceptors (Lipinski definition) is 8. The van der Waals surface area contributed by atoms with Crippen LogP contribution in [0.5, 0.6) is 5.75 Å². The number of para-hydroxylation sites is 1. The topological polar surface area (TPSA) is 97.7 Å². The fourth-order valence-electron chi connectivity index (χ4n) is 11.7. The summed E-state index contributed by atoms with van der Waals surface area (Å²) in [7, 11) is 0. The zero-order valence-corrected chi connectivity index (χ0v) is 34.0. The number of hydrogen-bond donors (Lipinski definition) is 3. The van der Waals surface area contributed by atoms with Gasteiger partial charge in [0.05, 0.1) is 25.9 Å². The lowest BCUT2D eigenvalue weighted by Gasteiger charge is -2.86. The molecule has 5 aliphatic rings. The van der Waals surface area contributed by atoms with E-state index in [0.717, 1.165) is 50.2 Å². The van der Waals surface area contributed by atoms with Crippen LogP contribution < -0.4 is 10.1 Å². The lowest BCUT2D eigenvalue weighted by Crippen LogP contribution is -2.90. The van der Waals surface area contributed by atoms with Gasteiger partial charge in [0.2, 0.25) is 5.91 Å². The minimum absolute atomic E-state index is 0.0879. The Morgan fingerprint density at radius 1 is 1.06 bits per heavy atom. The minimum atomic E-state index is -0.818. The van der Waals surface area contributed by atoms with Crippen molar-refractivity contribution < 1.29 is 24.6 Å². The molecule has 0 aromatic heterocycles. The van der Waals surface area contributed by atoms with Crippen molar-refractivity contribution in [3.63, 3.8) is 0 Å². The molecule has 9 heteroatoms. The lowest BCUT2D eigenvalue weighted by molar-refractivity contribution is -0.349. The summed E-state index contributed by atoms with van der Waals surface area (Å²) in [5, 5.41) is 26.7. The molecule has 10 atom stereocenters. The zero-order chi connectivity index (χ0) is 38.4. The highest BCUT2D eigenvalue weighted by atomic mass is 16.7. The molecule has 2 aliphatic heterocycles. The number of rotatable bonds is 18. The number of benzene rings is 2. The zero-order valence-electron chi connectivity index (χ0n) is 34.0. The van der Waals surface area contributed by atoms with Crippen LogP contribution in [0.3, 0.4) is 0 Å². The molecule has 2 aromatic rings. The van der Waals surface area contributed by atoms with Gasteiger partial charge in [-0.3, -0.25) is 14.5 Å². The van der Waals surface area contributed by atoms with Crippen LogP contribution in [0.1, 0.15) is 97.3 Å². The van der Waals surface area contributed by atoms with Gasteiger partial charge >= 0.3 is 0 Å². The molecular weight excluding hydrogens is 677 g/mol. The largest absolute Gasteiger partial charge is 0.493 e. The first-order valence-corrected chi connectivity index (χ1v) is 21.2. The standard InChI is InChI=1S/C45H68N4O5/c1-8-20-53-37-17-10-9-16-34(37)26-48(35(21-29(2)3)27-47-18-11-12-19-47)24-32-14-13-15-33(22-32)25-49-42(39(31(5)51)38(28-50)54-49)43(52)46-45-23-36-41(45)40(30(45)4)44(36,6)7/h9-10,13-17,22,29-31,35-36,38-42,50-51H,8,11-12,18-21,23-28H2,1-7H3,(H,46,52)/t30-,31-,35-,36-,38-,39+,40+,41?,42-,45+/m0/s1. The predicted octanol–water partition coefficient (Wildman–Crippen LogP) is 6.26. The highest BCUT2D eigenvalue weighted by Crippen LogP contribution is 2.81. The van der Waals surface area contributed by atoms with E-state index in [0.29, 0.717) is 54.2 Å². The van der Waals surface area contributed by atoms with E-state index in [2.05, 4.69) is 105 Å². The number of likely N-dealkylation sites (tertiary alicyclic amines) is 1. The molecule has 0 spiro atoms. The first kappa shape index (κ1) is 39.7. The molecule has 3 N–H and O–H groups in total. The molecule has 298 valence electrons. The summed E-state index contributed by atoms with van der Waals surface area (Å²) in [5.74, 6) is 3.20. The van der Waals surface area contributed by atoms with E-state index < -0.39 is 24.2 Å². The lowest BCUT2D eigenvalue weighted by atomic mass is 9.21. The smallest absolute Gasteiger partial charge is 0.240 e. The Morgan fingerprint density at radius 2 is 1.80 bits per heavy atom. The summed E-state index contributed by atoms with van der Waals surface area (Å²) in [5.41, 5.74) is 3.66. The van der Waals surface area contributed by atoms with Crippen LogP contribution in [0.25, 0.3) is 0 Å². The second-order valence-electron chi connectivity index (χ2n) is 18.6. The summed E-state index contributed by atoms with van der Waals surface area (Å²) in [6.07, 6.45) is 4.17. The van der Waals surface area contributed by atoms with Gasteiger partial charge in [-0.1, -0.05) is 84.0 Å². The molecule has 2 saturated heterocycles. The summed E-state index contributed by atoms with van der Waals surface area (Å²) in [6.45, 7) is 21.4. The quantitative estimate of drug-likeness (QED) is 0.165. The van der Waals surface area contributed by atoms with Crippen molar-refractivity contribution in [2.45, 2.75) is 130 Å². The van der Waals surface area contributed by atoms with Crippen molar-refractivity contribution in [1.29, 1.82) is 0 Å². The monoisotopic (exact) mass is 745 g/mol. The Balaban J connectivity index is 1.12. The van der Waals surface area contributed by atoms with E-state index >= 15 is 0 Å². The first-order chi connectivity index (χ1) is 25.9. The number of amides is 1. The molecular formula is C45H68N4O5. The van der Waals surface area contributed by atoms with Crippen molar-refractivity contribution >= 4 is 5.91 Å². The van der Waals surface area contributed by atoms with E-state index in [1.165, 1.54) is 37.1 Å². The molecule has 3 saturated carbocycles. The molecule has 9 nitrogen and oxygen atoms in total. The third-order valence-electron chi connectivity index (χ3n) is 14.3. The van der Waals surface area contributed by atoms with Crippen LogP contribution in [-0.2, 0) is 29.3 Å². The molecule has 2 aromatic carbocycles. The molecule has 7 rings (SSSR count). The average Bonchev–Trinajstić information content (AvgIpc) is 3.78. The van der Waals surface area contributed by atoms with Gasteiger partial charge in [0.15, 0.2) is 0 Å². The fraction of sp³-hybridized carbons (Fsp3) is 0.711. The second-order valence-corrected chi connectivity index (χ2v) is 18.6. The maximum Gasteiger partial charge on any atom is 0.240 e. The van der Waals surface area contributed by atoms with Crippen molar-refractivity contribution in [1.82, 2.24) is 20.2 Å². The van der Waals surface area contributed by atoms with Gasteiger partial charge in [0.1, 0.15) is 17.9 Å². The molecule has 0 bridgehead atoms. The Hall–Kier alpha value is -2.53. The van der Waals surface area contributed by atoms with E-state index in [1.807, 2.05) is 0 Å². The van der Waals surface area contributed by atoms with Gasteiger partial charge in [-0.25, -0.2) is 0 Å². The normalized spacial score (nSPS) is 32.5. The molecule has 0 radical (unpaired) electrons. The maximum atomic E-state index is 14.4. The fourth-order valence-corrected chi connectivity index (χ4v) is 11.7.